The van der Waals surface area contributed by atoms with E-state index in [9.17, 15) is 0 Å². The second kappa shape index (κ2) is 11.0. The maximum atomic E-state index is 5.09. The van der Waals surface area contributed by atoms with Gasteiger partial charge in [0.15, 0.2) is 5.82 Å². The molecule has 8 rings (SSSR count). The number of rotatable bonds is 5. The van der Waals surface area contributed by atoms with Gasteiger partial charge >= 0.3 is 0 Å². The summed E-state index contributed by atoms with van der Waals surface area (Å²) in [4.78, 5) is 24.0. The Morgan fingerprint density at radius 3 is 1.70 bits per heavy atom. The fourth-order valence-corrected chi connectivity index (χ4v) is 5.66. The Bertz CT molecular complexity index is 2190. The van der Waals surface area contributed by atoms with Crippen LogP contribution in [0.1, 0.15) is 0 Å². The van der Waals surface area contributed by atoms with Gasteiger partial charge in [-0.1, -0.05) is 97.1 Å². The summed E-state index contributed by atoms with van der Waals surface area (Å²) in [5.74, 6) is 0.621. The second-order valence-corrected chi connectivity index (χ2v) is 10.6. The average Bonchev–Trinajstić information content (AvgIpc) is 3.12. The van der Waals surface area contributed by atoms with Crippen molar-refractivity contribution in [3.05, 3.63) is 152 Å². The van der Waals surface area contributed by atoms with Crippen LogP contribution in [0.5, 0.6) is 0 Å². The number of aromatic nitrogens is 5. The Hall–Kier alpha value is -6.07. The number of pyridine rings is 3. The van der Waals surface area contributed by atoms with Crippen LogP contribution in [0.2, 0.25) is 0 Å². The Labute approximate surface area is 254 Å². The van der Waals surface area contributed by atoms with Crippen molar-refractivity contribution in [2.24, 2.45) is 0 Å². The van der Waals surface area contributed by atoms with Crippen molar-refractivity contribution in [1.82, 2.24) is 24.9 Å². The molecule has 0 spiro atoms. The zero-order chi connectivity index (χ0) is 29.3. The van der Waals surface area contributed by atoms with E-state index in [0.29, 0.717) is 5.82 Å². The largest absolute Gasteiger partial charge is 0.255 e. The molecular formula is C39H25N5. The van der Waals surface area contributed by atoms with E-state index in [0.717, 1.165) is 61.6 Å². The van der Waals surface area contributed by atoms with Gasteiger partial charge in [-0.25, -0.2) is 15.0 Å². The van der Waals surface area contributed by atoms with E-state index < -0.39 is 0 Å². The monoisotopic (exact) mass is 563 g/mol. The Morgan fingerprint density at radius 2 is 1.02 bits per heavy atom. The summed E-state index contributed by atoms with van der Waals surface area (Å²) in [6.07, 6.45) is 3.55. The van der Waals surface area contributed by atoms with Crippen molar-refractivity contribution in [2.75, 3.05) is 0 Å². The lowest BCUT2D eigenvalue weighted by molar-refractivity contribution is 1.15. The van der Waals surface area contributed by atoms with Crippen molar-refractivity contribution in [3.63, 3.8) is 0 Å². The molecule has 0 atom stereocenters. The van der Waals surface area contributed by atoms with Gasteiger partial charge in [-0.15, -0.1) is 0 Å². The van der Waals surface area contributed by atoms with Crippen LogP contribution in [-0.4, -0.2) is 24.9 Å². The minimum atomic E-state index is 0.621. The smallest absolute Gasteiger partial charge is 0.160 e. The minimum Gasteiger partial charge on any atom is -0.255 e. The zero-order valence-corrected chi connectivity index (χ0v) is 23.7. The van der Waals surface area contributed by atoms with Crippen LogP contribution < -0.4 is 0 Å². The lowest BCUT2D eigenvalue weighted by Crippen LogP contribution is -1.97. The maximum absolute atomic E-state index is 5.09. The first kappa shape index (κ1) is 25.6. The van der Waals surface area contributed by atoms with E-state index in [1.54, 1.807) is 12.4 Å². The van der Waals surface area contributed by atoms with Crippen molar-refractivity contribution in [2.45, 2.75) is 0 Å². The molecular weight excluding hydrogens is 538 g/mol. The van der Waals surface area contributed by atoms with Gasteiger partial charge in [0.25, 0.3) is 0 Å². The molecule has 4 aromatic carbocycles. The van der Waals surface area contributed by atoms with Crippen molar-refractivity contribution in [1.29, 1.82) is 0 Å². The topological polar surface area (TPSA) is 64.5 Å². The SMILES string of the molecule is c1ccc(-c2cc(-c3ccc(-c4nc(-c5ccccn5)cc(-c5ccccn5)n4)cc3)c3c(ccc4ccccc43)n2)cc1. The first-order chi connectivity index (χ1) is 21.8. The van der Waals surface area contributed by atoms with E-state index in [1.165, 1.54) is 10.8 Å². The molecule has 0 fully saturated rings. The number of fused-ring (bicyclic) bond motifs is 3. The quantitative estimate of drug-likeness (QED) is 0.195. The fourth-order valence-electron chi connectivity index (χ4n) is 5.66. The number of hydrogen-bond donors (Lipinski definition) is 0. The highest BCUT2D eigenvalue weighted by atomic mass is 14.9. The molecule has 0 amide bonds. The first-order valence-electron chi connectivity index (χ1n) is 14.5. The van der Waals surface area contributed by atoms with Crippen LogP contribution in [0.15, 0.2) is 152 Å². The van der Waals surface area contributed by atoms with Crippen molar-refractivity contribution < 1.29 is 0 Å². The van der Waals surface area contributed by atoms with E-state index in [-0.39, 0.29) is 0 Å². The Morgan fingerprint density at radius 1 is 0.386 bits per heavy atom. The van der Waals surface area contributed by atoms with Gasteiger partial charge in [-0.05, 0) is 64.4 Å². The molecule has 0 radical (unpaired) electrons. The van der Waals surface area contributed by atoms with Crippen LogP contribution in [0.3, 0.4) is 0 Å². The third-order valence-electron chi connectivity index (χ3n) is 7.80. The van der Waals surface area contributed by atoms with E-state index in [2.05, 4.69) is 88.8 Å². The molecule has 0 saturated carbocycles. The van der Waals surface area contributed by atoms with Crippen LogP contribution >= 0.6 is 0 Å². The van der Waals surface area contributed by atoms with Gasteiger partial charge in [0.05, 0.1) is 34.0 Å². The summed E-state index contributed by atoms with van der Waals surface area (Å²) in [7, 11) is 0. The summed E-state index contributed by atoms with van der Waals surface area (Å²) in [6, 6.07) is 47.4. The molecule has 44 heavy (non-hydrogen) atoms. The third kappa shape index (κ3) is 4.76. The molecule has 5 heteroatoms. The lowest BCUT2D eigenvalue weighted by atomic mass is 9.94. The van der Waals surface area contributed by atoms with Crippen molar-refractivity contribution >= 4 is 21.7 Å². The van der Waals surface area contributed by atoms with Gasteiger partial charge in [0.1, 0.15) is 0 Å². The van der Waals surface area contributed by atoms with Crippen molar-refractivity contribution in [3.8, 4) is 56.5 Å². The van der Waals surface area contributed by atoms with E-state index >= 15 is 0 Å². The molecule has 4 aromatic heterocycles. The van der Waals surface area contributed by atoms with E-state index in [1.807, 2.05) is 60.7 Å². The van der Waals surface area contributed by atoms with Gasteiger partial charge in [0, 0.05) is 28.9 Å². The lowest BCUT2D eigenvalue weighted by Gasteiger charge is -2.14. The van der Waals surface area contributed by atoms with Crippen LogP contribution in [-0.2, 0) is 0 Å². The molecule has 0 aliphatic heterocycles. The molecule has 206 valence electrons. The molecule has 0 aliphatic carbocycles. The molecule has 0 saturated heterocycles. The highest BCUT2D eigenvalue weighted by Gasteiger charge is 2.15. The second-order valence-electron chi connectivity index (χ2n) is 10.6. The summed E-state index contributed by atoms with van der Waals surface area (Å²) in [5, 5.41) is 3.51. The Balaban J connectivity index is 1.29. The number of hydrogen-bond acceptors (Lipinski definition) is 5. The summed E-state index contributed by atoms with van der Waals surface area (Å²) in [6.45, 7) is 0. The number of benzene rings is 4. The fraction of sp³-hybridized carbons (Fsp3) is 0. The number of nitrogens with zero attached hydrogens (tertiary/aromatic N) is 5. The molecule has 0 aliphatic rings. The first-order valence-corrected chi connectivity index (χ1v) is 14.5. The summed E-state index contributed by atoms with van der Waals surface area (Å²) >= 11 is 0. The van der Waals surface area contributed by atoms with Crippen LogP contribution in [0, 0.1) is 0 Å². The minimum absolute atomic E-state index is 0.621. The summed E-state index contributed by atoms with van der Waals surface area (Å²) in [5.41, 5.74) is 9.21. The normalized spacial score (nSPS) is 11.2. The van der Waals surface area contributed by atoms with Crippen LogP contribution in [0.25, 0.3) is 78.2 Å². The highest BCUT2D eigenvalue weighted by molar-refractivity contribution is 6.13. The molecule has 8 aromatic rings. The standard InChI is InChI=1S/C39H25N5/c1-2-11-28(12-3-1)35-24-31(38-30-13-5-4-10-26(30)20-21-34(38)42-35)27-16-18-29(19-17-27)39-43-36(32-14-6-8-22-40-32)25-37(44-39)33-15-7-9-23-41-33/h1-25H. The Kier molecular flexibility index (Phi) is 6.39. The molecule has 0 N–H and O–H groups in total. The maximum Gasteiger partial charge on any atom is 0.160 e. The van der Waals surface area contributed by atoms with Gasteiger partial charge < -0.3 is 0 Å². The predicted molar refractivity (Wildman–Crippen MR) is 178 cm³/mol. The molecule has 4 heterocycles. The van der Waals surface area contributed by atoms with E-state index in [4.69, 9.17) is 15.0 Å². The molecule has 5 nitrogen and oxygen atoms in total. The van der Waals surface area contributed by atoms with Gasteiger partial charge in [-0.2, -0.15) is 0 Å². The highest BCUT2D eigenvalue weighted by Crippen LogP contribution is 2.37. The van der Waals surface area contributed by atoms with Gasteiger partial charge in [0.2, 0.25) is 0 Å². The third-order valence-corrected chi connectivity index (χ3v) is 7.80. The molecule has 0 bridgehead atoms. The predicted octanol–water partition coefficient (Wildman–Crippen LogP) is 9.30. The average molecular weight is 564 g/mol. The van der Waals surface area contributed by atoms with Gasteiger partial charge in [-0.3, -0.25) is 9.97 Å². The van der Waals surface area contributed by atoms with Crippen LogP contribution in [0.4, 0.5) is 0 Å². The molecule has 0 unspecified atom stereocenters. The zero-order valence-electron chi connectivity index (χ0n) is 23.7. The summed E-state index contributed by atoms with van der Waals surface area (Å²) < 4.78 is 0.